The molecule has 0 spiro atoms. The molecule has 0 aliphatic heterocycles. The molecule has 0 N–H and O–H groups in total. The predicted molar refractivity (Wildman–Crippen MR) is 59.0 cm³/mol. The first-order chi connectivity index (χ1) is 6.79. The van der Waals surface area contributed by atoms with E-state index in [-0.39, 0.29) is 5.82 Å². The van der Waals surface area contributed by atoms with Crippen LogP contribution in [-0.2, 0) is 0 Å². The van der Waals surface area contributed by atoms with E-state index in [1.165, 1.54) is 0 Å². The minimum Gasteiger partial charge on any atom is -0.207 e. The highest BCUT2D eigenvalue weighted by Gasteiger charge is 2.12. The van der Waals surface area contributed by atoms with E-state index in [2.05, 4.69) is 13.8 Å². The van der Waals surface area contributed by atoms with Gasteiger partial charge < -0.3 is 0 Å². The average Bonchev–Trinajstić information content (AvgIpc) is 2.18. The smallest absolute Gasteiger partial charge is 0.126 e. The largest absolute Gasteiger partial charge is 0.207 e. The summed E-state index contributed by atoms with van der Waals surface area (Å²) < 4.78 is 13.5. The van der Waals surface area contributed by atoms with Gasteiger partial charge >= 0.3 is 0 Å². The van der Waals surface area contributed by atoms with Crippen LogP contribution in [0.25, 0.3) is 0 Å². The molecule has 0 aliphatic rings. The number of hydrogen-bond donors (Lipinski definition) is 0. The van der Waals surface area contributed by atoms with Gasteiger partial charge in [-0.1, -0.05) is 44.9 Å². The summed E-state index contributed by atoms with van der Waals surface area (Å²) in [4.78, 5) is 0. The van der Waals surface area contributed by atoms with Gasteiger partial charge in [-0.15, -0.1) is 0 Å². The lowest BCUT2D eigenvalue weighted by Crippen LogP contribution is -2.01. The third kappa shape index (κ3) is 2.83. The molecule has 1 rings (SSSR count). The molecule has 0 atom stereocenters. The van der Waals surface area contributed by atoms with Crippen molar-refractivity contribution in [2.75, 3.05) is 0 Å². The molecular weight excluding hydrogens is 175 g/mol. The topological polar surface area (TPSA) is 0 Å². The Hall–Kier alpha value is -0.850. The third-order valence-electron chi connectivity index (χ3n) is 2.62. The van der Waals surface area contributed by atoms with Crippen LogP contribution in [-0.4, -0.2) is 0 Å². The van der Waals surface area contributed by atoms with Crippen molar-refractivity contribution in [2.45, 2.75) is 45.4 Å². The first-order valence-corrected chi connectivity index (χ1v) is 5.54. The maximum atomic E-state index is 13.5. The highest BCUT2D eigenvalue weighted by molar-refractivity contribution is 5.21. The summed E-state index contributed by atoms with van der Waals surface area (Å²) in [5, 5.41) is 0. The lowest BCUT2D eigenvalue weighted by molar-refractivity contribution is 0.519. The zero-order valence-electron chi connectivity index (χ0n) is 9.09. The van der Waals surface area contributed by atoms with Gasteiger partial charge in [-0.25, -0.2) is 4.39 Å². The molecule has 14 heavy (non-hydrogen) atoms. The van der Waals surface area contributed by atoms with Crippen molar-refractivity contribution in [1.29, 1.82) is 0 Å². The Morgan fingerprint density at radius 2 is 1.64 bits per heavy atom. The Kier molecular flexibility index (Phi) is 4.64. The van der Waals surface area contributed by atoms with E-state index >= 15 is 0 Å². The molecule has 0 aromatic heterocycles. The quantitative estimate of drug-likeness (QED) is 0.647. The molecule has 0 radical (unpaired) electrons. The first kappa shape index (κ1) is 11.2. The second kappa shape index (κ2) is 5.79. The Balaban J connectivity index is 2.81. The predicted octanol–water partition coefficient (Wildman–Crippen LogP) is 4.51. The number of rotatable bonds is 5. The van der Waals surface area contributed by atoms with Crippen LogP contribution >= 0.6 is 0 Å². The second-order valence-corrected chi connectivity index (χ2v) is 3.80. The van der Waals surface area contributed by atoms with Crippen LogP contribution in [0.3, 0.4) is 0 Å². The van der Waals surface area contributed by atoms with E-state index in [0.29, 0.717) is 5.92 Å². The molecule has 0 saturated carbocycles. The monoisotopic (exact) mass is 194 g/mol. The fourth-order valence-corrected chi connectivity index (χ4v) is 1.96. The summed E-state index contributed by atoms with van der Waals surface area (Å²) in [7, 11) is 0. The van der Waals surface area contributed by atoms with E-state index in [0.717, 1.165) is 31.2 Å². The van der Waals surface area contributed by atoms with Gasteiger partial charge in [-0.2, -0.15) is 0 Å². The van der Waals surface area contributed by atoms with E-state index in [1.807, 2.05) is 12.1 Å². The third-order valence-corrected chi connectivity index (χ3v) is 2.62. The van der Waals surface area contributed by atoms with Gasteiger partial charge in [0.25, 0.3) is 0 Å². The van der Waals surface area contributed by atoms with Crippen molar-refractivity contribution in [3.8, 4) is 0 Å². The molecular formula is C13H19F. The molecule has 1 aromatic carbocycles. The summed E-state index contributed by atoms with van der Waals surface area (Å²) in [5.41, 5.74) is 0.899. The lowest BCUT2D eigenvalue weighted by atomic mass is 9.90. The van der Waals surface area contributed by atoms with E-state index < -0.39 is 0 Å². The number of hydrogen-bond acceptors (Lipinski definition) is 0. The lowest BCUT2D eigenvalue weighted by Gasteiger charge is -2.16. The molecule has 78 valence electrons. The minimum absolute atomic E-state index is 0.0422. The molecule has 0 bridgehead atoms. The minimum atomic E-state index is -0.0422. The maximum absolute atomic E-state index is 13.5. The molecule has 1 heteroatoms. The van der Waals surface area contributed by atoms with Gasteiger partial charge in [-0.3, -0.25) is 0 Å². The SMILES string of the molecule is CCCC(CCC)c1ccccc1F. The van der Waals surface area contributed by atoms with E-state index in [1.54, 1.807) is 12.1 Å². The van der Waals surface area contributed by atoms with Crippen molar-refractivity contribution < 1.29 is 4.39 Å². The van der Waals surface area contributed by atoms with Gasteiger partial charge in [0.15, 0.2) is 0 Å². The molecule has 0 fully saturated rings. The van der Waals surface area contributed by atoms with Crippen LogP contribution in [0, 0.1) is 5.82 Å². The highest BCUT2D eigenvalue weighted by Crippen LogP contribution is 2.27. The zero-order chi connectivity index (χ0) is 10.4. The molecule has 0 aliphatic carbocycles. The maximum Gasteiger partial charge on any atom is 0.126 e. The van der Waals surface area contributed by atoms with Crippen molar-refractivity contribution in [3.63, 3.8) is 0 Å². The van der Waals surface area contributed by atoms with Crippen molar-refractivity contribution in [1.82, 2.24) is 0 Å². The van der Waals surface area contributed by atoms with Crippen LogP contribution in [0.5, 0.6) is 0 Å². The second-order valence-electron chi connectivity index (χ2n) is 3.80. The fourth-order valence-electron chi connectivity index (χ4n) is 1.96. The van der Waals surface area contributed by atoms with Crippen molar-refractivity contribution in [3.05, 3.63) is 35.6 Å². The summed E-state index contributed by atoms with van der Waals surface area (Å²) in [6.07, 6.45) is 4.43. The van der Waals surface area contributed by atoms with Crippen LogP contribution in [0.2, 0.25) is 0 Å². The molecule has 1 aromatic rings. The number of halogens is 1. The summed E-state index contributed by atoms with van der Waals surface area (Å²) in [6, 6.07) is 7.17. The average molecular weight is 194 g/mol. The summed E-state index contributed by atoms with van der Waals surface area (Å²) in [6.45, 7) is 4.31. The van der Waals surface area contributed by atoms with Crippen LogP contribution in [0.4, 0.5) is 4.39 Å². The van der Waals surface area contributed by atoms with Crippen LogP contribution < -0.4 is 0 Å². The Morgan fingerprint density at radius 3 is 2.14 bits per heavy atom. The first-order valence-electron chi connectivity index (χ1n) is 5.54. The summed E-state index contributed by atoms with van der Waals surface area (Å²) in [5.74, 6) is 0.366. The van der Waals surface area contributed by atoms with Gasteiger partial charge in [-0.05, 0) is 30.4 Å². The summed E-state index contributed by atoms with van der Waals surface area (Å²) >= 11 is 0. The molecule has 0 amide bonds. The Morgan fingerprint density at radius 1 is 1.07 bits per heavy atom. The van der Waals surface area contributed by atoms with Crippen molar-refractivity contribution >= 4 is 0 Å². The van der Waals surface area contributed by atoms with Gasteiger partial charge in [0, 0.05) is 0 Å². The van der Waals surface area contributed by atoms with E-state index in [9.17, 15) is 4.39 Å². The fraction of sp³-hybridized carbons (Fsp3) is 0.538. The molecule has 0 heterocycles. The van der Waals surface area contributed by atoms with Gasteiger partial charge in [0.05, 0.1) is 0 Å². The van der Waals surface area contributed by atoms with Crippen LogP contribution in [0.1, 0.15) is 51.0 Å². The standard InChI is InChI=1S/C13H19F/c1-3-7-11(8-4-2)12-9-5-6-10-13(12)14/h5-6,9-11H,3-4,7-8H2,1-2H3. The van der Waals surface area contributed by atoms with Crippen LogP contribution in [0.15, 0.2) is 24.3 Å². The highest BCUT2D eigenvalue weighted by atomic mass is 19.1. The normalized spacial score (nSPS) is 10.9. The number of benzene rings is 1. The molecule has 0 nitrogen and oxygen atoms in total. The van der Waals surface area contributed by atoms with E-state index in [4.69, 9.17) is 0 Å². The van der Waals surface area contributed by atoms with Gasteiger partial charge in [0.1, 0.15) is 5.82 Å². The van der Waals surface area contributed by atoms with Gasteiger partial charge in [0.2, 0.25) is 0 Å². The van der Waals surface area contributed by atoms with Crippen molar-refractivity contribution in [2.24, 2.45) is 0 Å². The molecule has 0 unspecified atom stereocenters. The molecule has 0 saturated heterocycles. The Labute approximate surface area is 86.2 Å². The zero-order valence-corrected chi connectivity index (χ0v) is 9.09. The Bertz CT molecular complexity index is 262.